The van der Waals surface area contributed by atoms with E-state index in [-0.39, 0.29) is 56.5 Å². The van der Waals surface area contributed by atoms with Gasteiger partial charge in [-0.1, -0.05) is 88.4 Å². The van der Waals surface area contributed by atoms with E-state index in [2.05, 4.69) is 39.8 Å². The third-order valence-electron chi connectivity index (χ3n) is 8.65. The van der Waals surface area contributed by atoms with E-state index in [9.17, 15) is 19.2 Å². The van der Waals surface area contributed by atoms with Gasteiger partial charge in [0.05, 0.1) is 34.2 Å². The first-order chi connectivity index (χ1) is 26.4. The zero-order chi connectivity index (χ0) is 39.6. The van der Waals surface area contributed by atoms with Crippen LogP contribution in [0.25, 0.3) is 0 Å². The summed E-state index contributed by atoms with van der Waals surface area (Å²) in [4.78, 5) is 64.2. The standard InChI is InChI=1S/C41H54N6O6S2/c1-28(2)24-52-37(48)19-18-36(46-40(50)47(5)23-34-26-54-39(44-34)29(3)4)38(49)43-32(20-30-12-8-6-9-13-30)16-17-33(21-31-14-10-7-11-15-31)45-41(51)53-25-35-22-42-27-55-35/h6-15,22,26-29,32-33,36H,16-21,23-25H2,1-5H3,(H,43,49)(H,45,51)(H,46,50)/t32-,33-,36+/m1/s1. The zero-order valence-corrected chi connectivity index (χ0v) is 34.0. The molecule has 0 saturated carbocycles. The zero-order valence-electron chi connectivity index (χ0n) is 32.4. The van der Waals surface area contributed by atoms with Crippen LogP contribution >= 0.6 is 22.7 Å². The summed E-state index contributed by atoms with van der Waals surface area (Å²) in [5.74, 6) is -0.405. The van der Waals surface area contributed by atoms with Crippen molar-refractivity contribution < 1.29 is 28.7 Å². The fraction of sp³-hybridized carbons (Fsp3) is 0.463. The highest BCUT2D eigenvalue weighted by atomic mass is 32.1. The van der Waals surface area contributed by atoms with Gasteiger partial charge in [-0.3, -0.25) is 14.6 Å². The quantitative estimate of drug-likeness (QED) is 0.0747. The molecule has 55 heavy (non-hydrogen) atoms. The van der Waals surface area contributed by atoms with Gasteiger partial charge in [0.25, 0.3) is 0 Å². The summed E-state index contributed by atoms with van der Waals surface area (Å²) in [6.45, 7) is 8.69. The Hall–Kier alpha value is -4.82. The normalized spacial score (nSPS) is 12.8. The van der Waals surface area contributed by atoms with Crippen molar-refractivity contribution in [1.29, 1.82) is 0 Å². The van der Waals surface area contributed by atoms with E-state index in [1.54, 1.807) is 30.1 Å². The number of thiazole rings is 2. The highest BCUT2D eigenvalue weighted by Crippen LogP contribution is 2.20. The minimum atomic E-state index is -1.01. The number of urea groups is 1. The van der Waals surface area contributed by atoms with Crippen LogP contribution < -0.4 is 16.0 Å². The number of hydrogen-bond acceptors (Lipinski definition) is 10. The van der Waals surface area contributed by atoms with Crippen molar-refractivity contribution in [1.82, 2.24) is 30.8 Å². The molecule has 4 amide bonds. The largest absolute Gasteiger partial charge is 0.465 e. The van der Waals surface area contributed by atoms with E-state index in [1.807, 2.05) is 79.9 Å². The molecule has 2 aromatic carbocycles. The predicted molar refractivity (Wildman–Crippen MR) is 216 cm³/mol. The average molecular weight is 791 g/mol. The summed E-state index contributed by atoms with van der Waals surface area (Å²) in [6.07, 6.45) is 3.24. The molecule has 3 N–H and O–H groups in total. The van der Waals surface area contributed by atoms with Gasteiger partial charge < -0.3 is 30.3 Å². The number of nitrogens with zero attached hydrogens (tertiary/aromatic N) is 3. The summed E-state index contributed by atoms with van der Waals surface area (Å²) in [5, 5.41) is 12.0. The van der Waals surface area contributed by atoms with Gasteiger partial charge in [0.15, 0.2) is 0 Å². The van der Waals surface area contributed by atoms with Gasteiger partial charge in [0.2, 0.25) is 5.91 Å². The number of nitrogens with one attached hydrogen (secondary N) is 3. The van der Waals surface area contributed by atoms with Crippen LogP contribution in [0.2, 0.25) is 0 Å². The lowest BCUT2D eigenvalue weighted by molar-refractivity contribution is -0.145. The third-order valence-corrected chi connectivity index (χ3v) is 10.6. The number of carbonyl (C=O) groups is 4. The number of benzene rings is 2. The van der Waals surface area contributed by atoms with Crippen molar-refractivity contribution in [3.05, 3.63) is 104 Å². The number of ether oxygens (including phenoxy) is 2. The van der Waals surface area contributed by atoms with Crippen molar-refractivity contribution >= 4 is 46.7 Å². The maximum atomic E-state index is 14.1. The second-order valence-electron chi connectivity index (χ2n) is 14.4. The topological polar surface area (TPSA) is 152 Å². The number of aromatic nitrogens is 2. The van der Waals surface area contributed by atoms with Gasteiger partial charge in [-0.15, -0.1) is 22.7 Å². The third kappa shape index (κ3) is 15.8. The second kappa shape index (κ2) is 22.5. The molecule has 0 bridgehead atoms. The summed E-state index contributed by atoms with van der Waals surface area (Å²) in [5.41, 5.74) is 4.52. The summed E-state index contributed by atoms with van der Waals surface area (Å²) in [6, 6.07) is 17.6. The molecule has 0 aliphatic rings. The van der Waals surface area contributed by atoms with Crippen molar-refractivity contribution in [2.45, 2.75) is 103 Å². The fourth-order valence-electron chi connectivity index (χ4n) is 5.71. The summed E-state index contributed by atoms with van der Waals surface area (Å²) in [7, 11) is 1.65. The SMILES string of the molecule is CC(C)COC(=O)CC[C@H](NC(=O)N(C)Cc1csc(C(C)C)n1)C(=O)N[C@H](CC[C@H](Cc1ccccc1)NC(=O)OCc1cncs1)Cc1ccccc1. The fourth-order valence-corrected chi connectivity index (χ4v) is 7.04. The maximum Gasteiger partial charge on any atom is 0.407 e. The number of hydrogen-bond donors (Lipinski definition) is 3. The first kappa shape index (κ1) is 42.9. The van der Waals surface area contributed by atoms with Crippen LogP contribution in [0.4, 0.5) is 9.59 Å². The maximum absolute atomic E-state index is 14.1. The van der Waals surface area contributed by atoms with Crippen LogP contribution in [0.5, 0.6) is 0 Å². The minimum Gasteiger partial charge on any atom is -0.465 e. The smallest absolute Gasteiger partial charge is 0.407 e. The van der Waals surface area contributed by atoms with Crippen LogP contribution in [-0.4, -0.2) is 70.6 Å². The highest BCUT2D eigenvalue weighted by molar-refractivity contribution is 7.09. The highest BCUT2D eigenvalue weighted by Gasteiger charge is 2.27. The van der Waals surface area contributed by atoms with Gasteiger partial charge in [0, 0.05) is 43.0 Å². The Kier molecular flexibility index (Phi) is 17.6. The molecule has 0 saturated heterocycles. The van der Waals surface area contributed by atoms with Crippen molar-refractivity contribution in [3.63, 3.8) is 0 Å². The molecule has 12 nitrogen and oxygen atoms in total. The molecule has 4 rings (SSSR count). The summed E-state index contributed by atoms with van der Waals surface area (Å²) >= 11 is 2.96. The van der Waals surface area contributed by atoms with E-state index in [1.165, 1.54) is 16.2 Å². The lowest BCUT2D eigenvalue weighted by Crippen LogP contribution is -2.53. The molecule has 0 unspecified atom stereocenters. The van der Waals surface area contributed by atoms with Gasteiger partial charge in [0.1, 0.15) is 12.6 Å². The Balaban J connectivity index is 1.48. The molecule has 4 aromatic rings. The van der Waals surface area contributed by atoms with Crippen molar-refractivity contribution in [2.75, 3.05) is 13.7 Å². The lowest BCUT2D eigenvalue weighted by atomic mass is 9.95. The molecular formula is C41H54N6O6S2. The Morgan fingerprint density at radius 1 is 0.800 bits per heavy atom. The van der Waals surface area contributed by atoms with Gasteiger partial charge in [-0.25, -0.2) is 14.6 Å². The summed E-state index contributed by atoms with van der Waals surface area (Å²) < 4.78 is 10.9. The molecule has 3 atom stereocenters. The van der Waals surface area contributed by atoms with Crippen LogP contribution in [-0.2, 0) is 45.1 Å². The molecule has 0 spiro atoms. The Labute approximate surface area is 332 Å². The van der Waals surface area contributed by atoms with E-state index >= 15 is 0 Å². The lowest BCUT2D eigenvalue weighted by Gasteiger charge is -2.27. The Bertz CT molecular complexity index is 1750. The molecule has 0 radical (unpaired) electrons. The van der Waals surface area contributed by atoms with Crippen LogP contribution in [0, 0.1) is 5.92 Å². The molecule has 2 heterocycles. The van der Waals surface area contributed by atoms with E-state index in [0.717, 1.165) is 26.7 Å². The van der Waals surface area contributed by atoms with Crippen LogP contribution in [0.15, 0.2) is 77.8 Å². The second-order valence-corrected chi connectivity index (χ2v) is 16.2. The number of carbonyl (C=O) groups excluding carboxylic acids is 4. The molecular weight excluding hydrogens is 737 g/mol. The molecule has 296 valence electrons. The van der Waals surface area contributed by atoms with Crippen LogP contribution in [0.1, 0.15) is 86.0 Å². The van der Waals surface area contributed by atoms with Gasteiger partial charge in [-0.2, -0.15) is 0 Å². The first-order valence-electron chi connectivity index (χ1n) is 18.8. The van der Waals surface area contributed by atoms with Gasteiger partial charge >= 0.3 is 18.1 Å². The molecule has 0 fully saturated rings. The Morgan fingerprint density at radius 2 is 1.44 bits per heavy atom. The number of rotatable bonds is 21. The Morgan fingerprint density at radius 3 is 2.00 bits per heavy atom. The van der Waals surface area contributed by atoms with Crippen LogP contribution in [0.3, 0.4) is 0 Å². The monoisotopic (exact) mass is 790 g/mol. The molecule has 2 aromatic heterocycles. The van der Waals surface area contributed by atoms with E-state index in [0.29, 0.717) is 25.7 Å². The minimum absolute atomic E-state index is 0.0469. The van der Waals surface area contributed by atoms with Crippen molar-refractivity contribution in [3.8, 4) is 0 Å². The molecule has 0 aliphatic heterocycles. The van der Waals surface area contributed by atoms with Gasteiger partial charge in [-0.05, 0) is 49.1 Å². The van der Waals surface area contributed by atoms with E-state index in [4.69, 9.17) is 9.47 Å². The van der Waals surface area contributed by atoms with E-state index < -0.39 is 30.0 Å². The molecule has 0 aliphatic carbocycles. The van der Waals surface area contributed by atoms with Crippen molar-refractivity contribution in [2.24, 2.45) is 5.92 Å². The number of alkyl carbamates (subject to hydrolysis) is 1. The average Bonchev–Trinajstić information content (AvgIpc) is 3.87. The number of esters is 1. The first-order valence-corrected chi connectivity index (χ1v) is 20.5. The predicted octanol–water partition coefficient (Wildman–Crippen LogP) is 7.26. The number of amides is 4. The molecule has 14 heteroatoms.